The molecule has 0 aromatic rings. The van der Waals surface area contributed by atoms with Gasteiger partial charge in [-0.1, -0.05) is 58.3 Å². The molecule has 0 amide bonds. The predicted molar refractivity (Wildman–Crippen MR) is 91.2 cm³/mol. The summed E-state index contributed by atoms with van der Waals surface area (Å²) >= 11 is 13.3. The van der Waals surface area contributed by atoms with E-state index < -0.39 is 0 Å². The van der Waals surface area contributed by atoms with Crippen molar-refractivity contribution >= 4 is 37.9 Å². The molecule has 0 radical (unpaired) electrons. The van der Waals surface area contributed by atoms with E-state index in [2.05, 4.69) is 44.8 Å². The molecule has 17 heavy (non-hydrogen) atoms. The summed E-state index contributed by atoms with van der Waals surface area (Å²) in [5.74, 6) is 2.74. The zero-order valence-electron chi connectivity index (χ0n) is 11.3. The summed E-state index contributed by atoms with van der Waals surface area (Å²) < 4.78 is 0. The van der Waals surface area contributed by atoms with Crippen molar-refractivity contribution in [2.75, 3.05) is 17.3 Å². The van der Waals surface area contributed by atoms with Crippen molar-refractivity contribution in [3.8, 4) is 0 Å². The van der Waals surface area contributed by atoms with E-state index in [1.165, 1.54) is 57.8 Å². The molecule has 0 spiro atoms. The maximum Gasteiger partial charge on any atom is -0.00255 e. The lowest BCUT2D eigenvalue weighted by Gasteiger charge is -2.28. The molecule has 0 fully saturated rings. The molecule has 3 heteroatoms. The number of thiol groups is 3. The normalized spacial score (nSPS) is 12.0. The summed E-state index contributed by atoms with van der Waals surface area (Å²) in [5, 5.41) is 0. The van der Waals surface area contributed by atoms with Gasteiger partial charge in [0.1, 0.15) is 0 Å². The maximum absolute atomic E-state index is 4.45. The first-order valence-electron chi connectivity index (χ1n) is 7.07. The summed E-state index contributed by atoms with van der Waals surface area (Å²) in [6.07, 6.45) is 12.3. The third kappa shape index (κ3) is 8.72. The first-order valence-corrected chi connectivity index (χ1v) is 8.97. The molecule has 0 unspecified atom stereocenters. The van der Waals surface area contributed by atoms with Crippen molar-refractivity contribution in [3.05, 3.63) is 0 Å². The summed E-state index contributed by atoms with van der Waals surface area (Å²) in [7, 11) is 0. The molecule has 0 aliphatic heterocycles. The fourth-order valence-electron chi connectivity index (χ4n) is 2.02. The van der Waals surface area contributed by atoms with E-state index >= 15 is 0 Å². The second-order valence-corrected chi connectivity index (χ2v) is 6.15. The van der Waals surface area contributed by atoms with Crippen LogP contribution in [0.4, 0.5) is 0 Å². The summed E-state index contributed by atoms with van der Waals surface area (Å²) in [6, 6.07) is 0. The van der Waals surface area contributed by atoms with Crippen LogP contribution in [0, 0.1) is 5.41 Å². The standard InChI is InChI=1S/C14H30S3/c1-2-3-4-5-6-7-8-9-10-14(11-15,12-16)13-17/h15-17H,2-13H2,1H3. The molecule has 0 saturated heterocycles. The Kier molecular flexibility index (Phi) is 12.9. The summed E-state index contributed by atoms with van der Waals surface area (Å²) in [4.78, 5) is 0. The molecule has 0 nitrogen and oxygen atoms in total. The highest BCUT2D eigenvalue weighted by molar-refractivity contribution is 7.82. The zero-order valence-corrected chi connectivity index (χ0v) is 14.0. The average Bonchev–Trinajstić information content (AvgIpc) is 2.38. The van der Waals surface area contributed by atoms with Gasteiger partial charge in [-0.2, -0.15) is 37.9 Å². The van der Waals surface area contributed by atoms with Gasteiger partial charge in [0.15, 0.2) is 0 Å². The molecule has 0 aliphatic carbocycles. The van der Waals surface area contributed by atoms with Gasteiger partial charge < -0.3 is 0 Å². The Labute approximate surface area is 125 Å². The molecule has 0 aromatic carbocycles. The predicted octanol–water partition coefficient (Wildman–Crippen LogP) is 5.29. The number of hydrogen-bond donors (Lipinski definition) is 3. The minimum absolute atomic E-state index is 0.261. The van der Waals surface area contributed by atoms with Crippen LogP contribution in [0.1, 0.15) is 64.7 Å². The van der Waals surface area contributed by atoms with Crippen molar-refractivity contribution < 1.29 is 0 Å². The highest BCUT2D eigenvalue weighted by Gasteiger charge is 2.24. The molecule has 0 rings (SSSR count). The minimum Gasteiger partial charge on any atom is -0.179 e. The molecule has 0 saturated carbocycles. The van der Waals surface area contributed by atoms with Crippen molar-refractivity contribution in [1.82, 2.24) is 0 Å². The number of rotatable bonds is 12. The third-order valence-corrected chi connectivity index (χ3v) is 5.58. The second kappa shape index (κ2) is 12.1. The van der Waals surface area contributed by atoms with Crippen LogP contribution in [0.3, 0.4) is 0 Å². The van der Waals surface area contributed by atoms with Gasteiger partial charge in [-0.05, 0) is 29.1 Å². The SMILES string of the molecule is CCCCCCCCCCC(CS)(CS)CS. The van der Waals surface area contributed by atoms with Crippen molar-refractivity contribution in [2.24, 2.45) is 5.41 Å². The van der Waals surface area contributed by atoms with Crippen LogP contribution in [-0.4, -0.2) is 17.3 Å². The van der Waals surface area contributed by atoms with Crippen LogP contribution in [-0.2, 0) is 0 Å². The Morgan fingerprint density at radius 1 is 0.647 bits per heavy atom. The highest BCUT2D eigenvalue weighted by atomic mass is 32.1. The largest absolute Gasteiger partial charge is 0.179 e. The van der Waals surface area contributed by atoms with E-state index in [1.54, 1.807) is 0 Å². The monoisotopic (exact) mass is 294 g/mol. The molecule has 0 aliphatic rings. The van der Waals surface area contributed by atoms with E-state index in [-0.39, 0.29) is 5.41 Å². The van der Waals surface area contributed by atoms with Gasteiger partial charge in [0.25, 0.3) is 0 Å². The lowest BCUT2D eigenvalue weighted by atomic mass is 9.88. The van der Waals surface area contributed by atoms with Crippen molar-refractivity contribution in [1.29, 1.82) is 0 Å². The van der Waals surface area contributed by atoms with Crippen LogP contribution >= 0.6 is 37.9 Å². The molecule has 0 aromatic heterocycles. The Hall–Kier alpha value is 1.05. The molecular weight excluding hydrogens is 264 g/mol. The summed E-state index contributed by atoms with van der Waals surface area (Å²) in [6.45, 7) is 2.27. The topological polar surface area (TPSA) is 0 Å². The fourth-order valence-corrected chi connectivity index (χ4v) is 3.70. The maximum atomic E-state index is 4.45. The number of unbranched alkanes of at least 4 members (excludes halogenated alkanes) is 7. The lowest BCUT2D eigenvalue weighted by Crippen LogP contribution is -2.27. The Morgan fingerprint density at radius 3 is 1.47 bits per heavy atom. The van der Waals surface area contributed by atoms with E-state index in [0.717, 1.165) is 17.3 Å². The van der Waals surface area contributed by atoms with Crippen LogP contribution < -0.4 is 0 Å². The molecule has 104 valence electrons. The second-order valence-electron chi connectivity index (χ2n) is 5.20. The van der Waals surface area contributed by atoms with Gasteiger partial charge in [-0.15, -0.1) is 0 Å². The summed E-state index contributed by atoms with van der Waals surface area (Å²) in [5.41, 5.74) is 0.261. The van der Waals surface area contributed by atoms with Crippen LogP contribution in [0.25, 0.3) is 0 Å². The first-order chi connectivity index (χ1) is 8.24. The van der Waals surface area contributed by atoms with Gasteiger partial charge >= 0.3 is 0 Å². The Bertz CT molecular complexity index is 147. The Morgan fingerprint density at radius 2 is 1.06 bits per heavy atom. The van der Waals surface area contributed by atoms with E-state index in [4.69, 9.17) is 0 Å². The van der Waals surface area contributed by atoms with Gasteiger partial charge in [0.05, 0.1) is 0 Å². The van der Waals surface area contributed by atoms with Crippen LogP contribution in [0.5, 0.6) is 0 Å². The first kappa shape index (κ1) is 18.0. The van der Waals surface area contributed by atoms with Gasteiger partial charge in [-0.25, -0.2) is 0 Å². The molecule has 0 atom stereocenters. The van der Waals surface area contributed by atoms with Crippen molar-refractivity contribution in [3.63, 3.8) is 0 Å². The lowest BCUT2D eigenvalue weighted by molar-refractivity contribution is 0.383. The minimum atomic E-state index is 0.261. The van der Waals surface area contributed by atoms with Gasteiger partial charge in [0.2, 0.25) is 0 Å². The smallest absolute Gasteiger partial charge is 0.00255 e. The van der Waals surface area contributed by atoms with Crippen LogP contribution in [0.15, 0.2) is 0 Å². The van der Waals surface area contributed by atoms with E-state index in [9.17, 15) is 0 Å². The third-order valence-electron chi connectivity index (χ3n) is 3.57. The highest BCUT2D eigenvalue weighted by Crippen LogP contribution is 2.29. The molecular formula is C14H30S3. The quantitative estimate of drug-likeness (QED) is 0.316. The van der Waals surface area contributed by atoms with Crippen molar-refractivity contribution in [2.45, 2.75) is 64.7 Å². The zero-order chi connectivity index (χ0) is 13.0. The van der Waals surface area contributed by atoms with Gasteiger partial charge in [0, 0.05) is 0 Å². The molecule has 0 N–H and O–H groups in total. The van der Waals surface area contributed by atoms with Gasteiger partial charge in [-0.3, -0.25) is 0 Å². The fraction of sp³-hybridized carbons (Fsp3) is 1.00. The molecule has 0 heterocycles. The van der Waals surface area contributed by atoms with Crippen LogP contribution in [0.2, 0.25) is 0 Å². The average molecular weight is 295 g/mol. The Balaban J connectivity index is 3.43. The number of hydrogen-bond acceptors (Lipinski definition) is 3. The molecule has 0 bridgehead atoms. The van der Waals surface area contributed by atoms with E-state index in [0.29, 0.717) is 0 Å². The van der Waals surface area contributed by atoms with E-state index in [1.807, 2.05) is 0 Å².